The first kappa shape index (κ1) is 21.1. The number of aliphatic hydroxyl groups is 1. The number of carbonyl (C=O) groups excluding carboxylic acids is 1. The molecule has 0 aliphatic carbocycles. The molecule has 0 saturated carbocycles. The largest absolute Gasteiger partial charge is 0.460 e. The van der Waals surface area contributed by atoms with E-state index in [9.17, 15) is 19.5 Å². The number of aromatic nitrogens is 4. The summed E-state index contributed by atoms with van der Waals surface area (Å²) >= 11 is 0. The maximum atomic E-state index is 12.5. The maximum absolute atomic E-state index is 12.5. The standard InChI is InChI=1S/C20H25N5O6/c1-22-17-16(18(27)23(2)20(22)29)25(12-21-17)8-9-30-19(28)13-4-3-7-24(10-13)15-6-5-14(11-26)31-15/h3-4,7,12,14-15,26H,5-6,8-11H2,1-2H3. The Labute approximate surface area is 177 Å². The van der Waals surface area contributed by atoms with E-state index in [1.54, 1.807) is 23.8 Å². The van der Waals surface area contributed by atoms with Gasteiger partial charge >= 0.3 is 11.7 Å². The van der Waals surface area contributed by atoms with Gasteiger partial charge in [0, 0.05) is 20.3 Å². The minimum Gasteiger partial charge on any atom is -0.460 e. The van der Waals surface area contributed by atoms with Crippen molar-refractivity contribution < 1.29 is 19.4 Å². The lowest BCUT2D eigenvalue weighted by molar-refractivity contribution is -0.139. The lowest BCUT2D eigenvalue weighted by Gasteiger charge is -2.29. The Morgan fingerprint density at radius 3 is 2.84 bits per heavy atom. The molecule has 11 heteroatoms. The van der Waals surface area contributed by atoms with Crippen LogP contribution in [0, 0.1) is 0 Å². The van der Waals surface area contributed by atoms with E-state index in [4.69, 9.17) is 9.47 Å². The predicted octanol–water partition coefficient (Wildman–Crippen LogP) is -0.770. The van der Waals surface area contributed by atoms with E-state index >= 15 is 0 Å². The number of rotatable bonds is 6. The summed E-state index contributed by atoms with van der Waals surface area (Å²) in [5.74, 6) is -0.448. The van der Waals surface area contributed by atoms with E-state index in [1.165, 1.54) is 17.9 Å². The zero-order valence-corrected chi connectivity index (χ0v) is 17.4. The van der Waals surface area contributed by atoms with Gasteiger partial charge in [-0.25, -0.2) is 14.6 Å². The summed E-state index contributed by atoms with van der Waals surface area (Å²) < 4.78 is 15.1. The Morgan fingerprint density at radius 1 is 1.29 bits per heavy atom. The van der Waals surface area contributed by atoms with Crippen LogP contribution in [0.25, 0.3) is 11.2 Å². The van der Waals surface area contributed by atoms with Crippen LogP contribution in [0.1, 0.15) is 12.8 Å². The van der Waals surface area contributed by atoms with Crippen molar-refractivity contribution in [3.8, 4) is 0 Å². The quantitative estimate of drug-likeness (QED) is 0.592. The zero-order chi connectivity index (χ0) is 22.1. The number of ether oxygens (including phenoxy) is 2. The summed E-state index contributed by atoms with van der Waals surface area (Å²) in [6.45, 7) is 0.615. The number of esters is 1. The van der Waals surface area contributed by atoms with E-state index in [0.29, 0.717) is 12.1 Å². The van der Waals surface area contributed by atoms with Crippen molar-refractivity contribution in [1.29, 1.82) is 0 Å². The third-order valence-electron chi connectivity index (χ3n) is 5.63. The molecule has 0 aromatic carbocycles. The van der Waals surface area contributed by atoms with E-state index in [0.717, 1.165) is 17.4 Å². The molecule has 2 unspecified atom stereocenters. The summed E-state index contributed by atoms with van der Waals surface area (Å²) in [5.41, 5.74) is 0.159. The van der Waals surface area contributed by atoms with Gasteiger partial charge in [-0.15, -0.1) is 0 Å². The van der Waals surface area contributed by atoms with Gasteiger partial charge in [-0.05, 0) is 25.0 Å². The number of carbonyl (C=O) groups is 1. The average molecular weight is 431 g/mol. The molecule has 2 aliphatic rings. The molecule has 0 radical (unpaired) electrons. The molecular weight excluding hydrogens is 406 g/mol. The maximum Gasteiger partial charge on any atom is 0.335 e. The lowest BCUT2D eigenvalue weighted by Crippen LogP contribution is -2.37. The number of allylic oxidation sites excluding steroid dienone is 2. The van der Waals surface area contributed by atoms with E-state index in [1.807, 2.05) is 11.1 Å². The average Bonchev–Trinajstić information content (AvgIpc) is 3.44. The Hall–Kier alpha value is -3.18. The fraction of sp³-hybridized carbons (Fsp3) is 0.500. The smallest absolute Gasteiger partial charge is 0.335 e. The number of hydrogen-bond donors (Lipinski definition) is 1. The minimum absolute atomic E-state index is 0.0149. The number of hydrogen-bond acceptors (Lipinski definition) is 8. The highest BCUT2D eigenvalue weighted by Crippen LogP contribution is 2.25. The van der Waals surface area contributed by atoms with E-state index < -0.39 is 17.2 Å². The molecule has 1 N–H and O–H groups in total. The van der Waals surface area contributed by atoms with Gasteiger partial charge in [0.25, 0.3) is 5.56 Å². The second-order valence-electron chi connectivity index (χ2n) is 7.63. The summed E-state index contributed by atoms with van der Waals surface area (Å²) in [7, 11) is 2.96. The fourth-order valence-corrected chi connectivity index (χ4v) is 3.86. The molecule has 4 heterocycles. The van der Waals surface area contributed by atoms with Crippen LogP contribution in [-0.4, -0.2) is 66.8 Å². The Balaban J connectivity index is 1.38. The summed E-state index contributed by atoms with van der Waals surface area (Å²) in [6, 6.07) is 0. The first-order valence-corrected chi connectivity index (χ1v) is 10.1. The van der Waals surface area contributed by atoms with Gasteiger partial charge < -0.3 is 24.0 Å². The van der Waals surface area contributed by atoms with Crippen LogP contribution in [0.5, 0.6) is 0 Å². The van der Waals surface area contributed by atoms with Crippen LogP contribution in [0.3, 0.4) is 0 Å². The minimum atomic E-state index is -0.451. The molecule has 0 amide bonds. The highest BCUT2D eigenvalue weighted by atomic mass is 16.5. The van der Waals surface area contributed by atoms with Gasteiger partial charge in [-0.1, -0.05) is 0 Å². The monoisotopic (exact) mass is 431 g/mol. The normalized spacial score (nSPS) is 21.0. The summed E-state index contributed by atoms with van der Waals surface area (Å²) in [6.07, 6.45) is 8.00. The predicted molar refractivity (Wildman–Crippen MR) is 110 cm³/mol. The molecule has 2 aromatic rings. The van der Waals surface area contributed by atoms with Crippen molar-refractivity contribution in [2.75, 3.05) is 19.8 Å². The van der Waals surface area contributed by atoms with Crippen molar-refractivity contribution in [2.45, 2.75) is 31.7 Å². The van der Waals surface area contributed by atoms with Crippen LogP contribution in [0.15, 0.2) is 39.8 Å². The molecular formula is C20H25N5O6. The van der Waals surface area contributed by atoms with E-state index in [-0.39, 0.29) is 43.3 Å². The topological polar surface area (TPSA) is 121 Å². The molecule has 2 aromatic heterocycles. The van der Waals surface area contributed by atoms with Gasteiger partial charge in [0.05, 0.1) is 37.7 Å². The van der Waals surface area contributed by atoms with E-state index in [2.05, 4.69) is 4.98 Å². The first-order chi connectivity index (χ1) is 14.9. The molecule has 2 atom stereocenters. The molecule has 31 heavy (non-hydrogen) atoms. The van der Waals surface area contributed by atoms with Gasteiger partial charge in [0.2, 0.25) is 0 Å². The van der Waals surface area contributed by atoms with Crippen molar-refractivity contribution >= 4 is 17.1 Å². The molecule has 11 nitrogen and oxygen atoms in total. The third kappa shape index (κ3) is 3.93. The second-order valence-corrected chi connectivity index (χ2v) is 7.63. The van der Waals surface area contributed by atoms with Crippen molar-refractivity contribution in [3.05, 3.63) is 51.1 Å². The fourth-order valence-electron chi connectivity index (χ4n) is 3.86. The molecule has 0 spiro atoms. The zero-order valence-electron chi connectivity index (χ0n) is 17.4. The van der Waals surface area contributed by atoms with Gasteiger partial charge in [-0.2, -0.15) is 0 Å². The number of fused-ring (bicyclic) bond motifs is 1. The second kappa shape index (κ2) is 8.52. The molecule has 2 aliphatic heterocycles. The number of nitrogens with zero attached hydrogens (tertiary/aromatic N) is 5. The van der Waals surface area contributed by atoms with Gasteiger partial charge in [0.1, 0.15) is 12.8 Å². The van der Waals surface area contributed by atoms with Gasteiger partial charge in [0.15, 0.2) is 11.2 Å². The highest BCUT2D eigenvalue weighted by Gasteiger charge is 2.30. The van der Waals surface area contributed by atoms with Crippen LogP contribution >= 0.6 is 0 Å². The SMILES string of the molecule is Cn1c(=O)c2c(ncn2CCOC(=O)C2=CC=CN(C3CCC(CO)O3)C2)n(C)c1=O. The first-order valence-electron chi connectivity index (χ1n) is 10.1. The van der Waals surface area contributed by atoms with Crippen molar-refractivity contribution in [3.63, 3.8) is 0 Å². The van der Waals surface area contributed by atoms with Crippen LogP contribution in [0.4, 0.5) is 0 Å². The van der Waals surface area contributed by atoms with Crippen molar-refractivity contribution in [2.24, 2.45) is 14.1 Å². The van der Waals surface area contributed by atoms with Crippen LogP contribution in [-0.2, 0) is 34.9 Å². The van der Waals surface area contributed by atoms with Crippen LogP contribution in [0.2, 0.25) is 0 Å². The van der Waals surface area contributed by atoms with Crippen LogP contribution < -0.4 is 11.2 Å². The number of aliphatic hydroxyl groups excluding tert-OH is 1. The Kier molecular flexibility index (Phi) is 5.79. The molecule has 1 saturated heterocycles. The highest BCUT2D eigenvalue weighted by molar-refractivity contribution is 5.89. The Morgan fingerprint density at radius 2 is 2.10 bits per heavy atom. The molecule has 166 valence electrons. The summed E-state index contributed by atoms with van der Waals surface area (Å²) in [4.78, 5) is 43.1. The molecule has 0 bridgehead atoms. The summed E-state index contributed by atoms with van der Waals surface area (Å²) in [5, 5.41) is 9.23. The molecule has 1 fully saturated rings. The Bertz CT molecular complexity index is 1170. The van der Waals surface area contributed by atoms with Crippen molar-refractivity contribution in [1.82, 2.24) is 23.6 Å². The molecule has 4 rings (SSSR count). The lowest BCUT2D eigenvalue weighted by atomic mass is 10.1. The number of aryl methyl sites for hydroxylation is 1. The van der Waals surface area contributed by atoms with Gasteiger partial charge in [-0.3, -0.25) is 13.9 Å². The number of imidazole rings is 1. The third-order valence-corrected chi connectivity index (χ3v) is 5.63.